The predicted molar refractivity (Wildman–Crippen MR) is 91.3 cm³/mol. The van der Waals surface area contributed by atoms with Crippen LogP contribution < -0.4 is 5.32 Å². The molecule has 3 aliphatic rings. The first kappa shape index (κ1) is 15.8. The normalized spacial score (nSPS) is 42.9. The summed E-state index contributed by atoms with van der Waals surface area (Å²) in [5, 5.41) is 3.90. The fraction of sp³-hybridized carbons (Fsp3) is 1.00. The van der Waals surface area contributed by atoms with Gasteiger partial charge in [-0.25, -0.2) is 0 Å². The molecule has 0 aromatic carbocycles. The van der Waals surface area contributed by atoms with E-state index in [1.165, 1.54) is 32.2 Å². The zero-order valence-electron chi connectivity index (χ0n) is 14.6. The number of fused-ring (bicyclic) bond motifs is 2. The van der Waals surface area contributed by atoms with E-state index in [2.05, 4.69) is 26.1 Å². The van der Waals surface area contributed by atoms with Crippen molar-refractivity contribution in [3.05, 3.63) is 0 Å². The molecule has 21 heavy (non-hydrogen) atoms. The minimum absolute atomic E-state index is 0.832. The molecular formula is C20H37N. The molecule has 3 aliphatic carbocycles. The predicted octanol–water partition coefficient (Wildman–Crippen LogP) is 5.25. The molecule has 3 rings (SSSR count). The number of rotatable bonds is 6. The molecule has 3 saturated carbocycles. The summed E-state index contributed by atoms with van der Waals surface area (Å²) in [7, 11) is 0. The zero-order chi connectivity index (χ0) is 14.8. The molecule has 0 aromatic heterocycles. The second-order valence-electron chi connectivity index (χ2n) is 8.81. The average molecular weight is 292 g/mol. The largest absolute Gasteiger partial charge is 0.314 e. The smallest absolute Gasteiger partial charge is 0.00956 e. The maximum Gasteiger partial charge on any atom is 0.00956 e. The van der Waals surface area contributed by atoms with Gasteiger partial charge in [-0.1, -0.05) is 27.2 Å². The summed E-state index contributed by atoms with van der Waals surface area (Å²) in [6, 6.07) is 0.832. The summed E-state index contributed by atoms with van der Waals surface area (Å²) in [6.07, 6.45) is 13.5. The van der Waals surface area contributed by atoms with Gasteiger partial charge in [0.15, 0.2) is 0 Å². The first-order valence-corrected chi connectivity index (χ1v) is 9.90. The van der Waals surface area contributed by atoms with E-state index < -0.39 is 0 Å². The van der Waals surface area contributed by atoms with E-state index in [0.717, 1.165) is 41.5 Å². The molecule has 2 bridgehead atoms. The van der Waals surface area contributed by atoms with Crippen molar-refractivity contribution in [1.29, 1.82) is 0 Å². The molecule has 6 atom stereocenters. The summed E-state index contributed by atoms with van der Waals surface area (Å²) < 4.78 is 0. The van der Waals surface area contributed by atoms with Crippen molar-refractivity contribution < 1.29 is 0 Å². The summed E-state index contributed by atoms with van der Waals surface area (Å²) in [5.74, 6) is 6.17. The van der Waals surface area contributed by atoms with E-state index in [1.807, 2.05) is 0 Å². The monoisotopic (exact) mass is 291 g/mol. The van der Waals surface area contributed by atoms with Crippen molar-refractivity contribution in [3.63, 3.8) is 0 Å². The fourth-order valence-electron chi connectivity index (χ4n) is 5.82. The van der Waals surface area contributed by atoms with Gasteiger partial charge in [0.1, 0.15) is 0 Å². The van der Waals surface area contributed by atoms with Crippen LogP contribution in [0.5, 0.6) is 0 Å². The fourth-order valence-corrected chi connectivity index (χ4v) is 5.82. The summed E-state index contributed by atoms with van der Waals surface area (Å²) in [4.78, 5) is 0. The minimum Gasteiger partial charge on any atom is -0.314 e. The highest BCUT2D eigenvalue weighted by atomic mass is 14.9. The lowest BCUT2D eigenvalue weighted by atomic mass is 9.69. The van der Waals surface area contributed by atoms with Gasteiger partial charge in [0.25, 0.3) is 0 Å². The van der Waals surface area contributed by atoms with Gasteiger partial charge in [0.05, 0.1) is 0 Å². The molecule has 0 radical (unpaired) electrons. The third kappa shape index (κ3) is 3.66. The van der Waals surface area contributed by atoms with Gasteiger partial charge in [-0.3, -0.25) is 0 Å². The van der Waals surface area contributed by atoms with E-state index >= 15 is 0 Å². The Kier molecular flexibility index (Phi) is 5.30. The van der Waals surface area contributed by atoms with Crippen molar-refractivity contribution >= 4 is 0 Å². The highest BCUT2D eigenvalue weighted by Gasteiger charge is 2.42. The Balaban J connectivity index is 1.59. The van der Waals surface area contributed by atoms with Gasteiger partial charge in [0.2, 0.25) is 0 Å². The molecule has 1 N–H and O–H groups in total. The number of hydrogen-bond donors (Lipinski definition) is 1. The lowest BCUT2D eigenvalue weighted by Crippen LogP contribution is -2.42. The van der Waals surface area contributed by atoms with E-state index in [4.69, 9.17) is 0 Å². The van der Waals surface area contributed by atoms with Crippen LogP contribution in [-0.2, 0) is 0 Å². The quantitative estimate of drug-likeness (QED) is 0.704. The van der Waals surface area contributed by atoms with Crippen LogP contribution in [0, 0.1) is 35.5 Å². The Morgan fingerprint density at radius 2 is 1.81 bits per heavy atom. The first-order valence-electron chi connectivity index (χ1n) is 9.90. The van der Waals surface area contributed by atoms with Crippen LogP contribution in [0.1, 0.15) is 78.6 Å². The maximum absolute atomic E-state index is 3.90. The first-order chi connectivity index (χ1) is 10.2. The van der Waals surface area contributed by atoms with Gasteiger partial charge in [0, 0.05) is 6.04 Å². The second kappa shape index (κ2) is 7.02. The van der Waals surface area contributed by atoms with Gasteiger partial charge in [-0.2, -0.15) is 0 Å². The van der Waals surface area contributed by atoms with Crippen LogP contribution in [0.2, 0.25) is 0 Å². The molecule has 122 valence electrons. The molecule has 1 nitrogen and oxygen atoms in total. The topological polar surface area (TPSA) is 12.0 Å². The standard InChI is InChI=1S/C20H37N/c1-4-9-21-20-8-7-16(14(2)3)12-19(20)13-18-11-15-5-6-17(18)10-15/h14-21H,4-13H2,1-3H3. The van der Waals surface area contributed by atoms with Crippen LogP contribution in [0.25, 0.3) is 0 Å². The van der Waals surface area contributed by atoms with Crippen molar-refractivity contribution in [2.75, 3.05) is 6.54 Å². The Labute approximate surface area is 132 Å². The lowest BCUT2D eigenvalue weighted by Gasteiger charge is -2.40. The number of nitrogens with one attached hydrogen (secondary N) is 1. The van der Waals surface area contributed by atoms with Crippen molar-refractivity contribution in [3.8, 4) is 0 Å². The Morgan fingerprint density at radius 1 is 0.952 bits per heavy atom. The molecule has 0 saturated heterocycles. The highest BCUT2D eigenvalue weighted by molar-refractivity contribution is 4.94. The Hall–Kier alpha value is -0.0400. The third-order valence-corrected chi connectivity index (χ3v) is 7.11. The third-order valence-electron chi connectivity index (χ3n) is 7.11. The summed E-state index contributed by atoms with van der Waals surface area (Å²) >= 11 is 0. The molecule has 0 aromatic rings. The van der Waals surface area contributed by atoms with Crippen LogP contribution in [0.3, 0.4) is 0 Å². The lowest BCUT2D eigenvalue weighted by molar-refractivity contribution is 0.131. The van der Waals surface area contributed by atoms with Gasteiger partial charge in [-0.15, -0.1) is 0 Å². The zero-order valence-corrected chi connectivity index (χ0v) is 14.6. The molecular weight excluding hydrogens is 254 g/mol. The van der Waals surface area contributed by atoms with E-state index in [-0.39, 0.29) is 0 Å². The minimum atomic E-state index is 0.832. The van der Waals surface area contributed by atoms with Crippen LogP contribution in [-0.4, -0.2) is 12.6 Å². The molecule has 3 fully saturated rings. The Bertz CT molecular complexity index is 324. The Morgan fingerprint density at radius 3 is 2.43 bits per heavy atom. The van der Waals surface area contributed by atoms with Crippen molar-refractivity contribution in [2.45, 2.75) is 84.6 Å². The summed E-state index contributed by atoms with van der Waals surface area (Å²) in [6.45, 7) is 8.42. The van der Waals surface area contributed by atoms with Gasteiger partial charge < -0.3 is 5.32 Å². The molecule has 0 amide bonds. The van der Waals surface area contributed by atoms with Crippen LogP contribution in [0.4, 0.5) is 0 Å². The maximum atomic E-state index is 3.90. The van der Waals surface area contributed by atoms with Crippen molar-refractivity contribution in [1.82, 2.24) is 5.32 Å². The molecule has 6 unspecified atom stereocenters. The summed E-state index contributed by atoms with van der Waals surface area (Å²) in [5.41, 5.74) is 0. The molecule has 0 aliphatic heterocycles. The molecule has 1 heteroatoms. The van der Waals surface area contributed by atoms with Gasteiger partial charge in [-0.05, 0) is 93.4 Å². The molecule has 0 heterocycles. The van der Waals surface area contributed by atoms with Crippen LogP contribution in [0.15, 0.2) is 0 Å². The van der Waals surface area contributed by atoms with E-state index in [9.17, 15) is 0 Å². The second-order valence-corrected chi connectivity index (χ2v) is 8.81. The van der Waals surface area contributed by atoms with Gasteiger partial charge >= 0.3 is 0 Å². The van der Waals surface area contributed by atoms with Crippen LogP contribution >= 0.6 is 0 Å². The average Bonchev–Trinajstić information content (AvgIpc) is 3.08. The van der Waals surface area contributed by atoms with E-state index in [1.54, 1.807) is 32.1 Å². The SMILES string of the molecule is CCCNC1CCC(C(C)C)CC1CC1CC2CCC1C2. The molecule has 0 spiro atoms. The van der Waals surface area contributed by atoms with Crippen molar-refractivity contribution in [2.24, 2.45) is 35.5 Å². The number of hydrogen-bond acceptors (Lipinski definition) is 1. The highest BCUT2D eigenvalue weighted by Crippen LogP contribution is 2.51. The van der Waals surface area contributed by atoms with E-state index in [0.29, 0.717) is 0 Å².